The number of ether oxygens (including phenoxy) is 1. The quantitative estimate of drug-likeness (QED) is 0.649. The summed E-state index contributed by atoms with van der Waals surface area (Å²) in [6.45, 7) is 3.72. The number of hydrogen-bond donors (Lipinski definition) is 2. The average molecular weight is 276 g/mol. The Kier molecular flexibility index (Phi) is 4.47. The molecule has 0 aliphatic heterocycles. The number of aryl methyl sites for hydroxylation is 2. The fourth-order valence-corrected chi connectivity index (χ4v) is 1.74. The summed E-state index contributed by atoms with van der Waals surface area (Å²) in [7, 11) is 0. The zero-order valence-electron chi connectivity index (χ0n) is 11.5. The number of rotatable bonds is 5. The lowest BCUT2D eigenvalue weighted by atomic mass is 10.2. The van der Waals surface area contributed by atoms with E-state index in [0.717, 1.165) is 12.8 Å². The second-order valence-corrected chi connectivity index (χ2v) is 4.42. The largest absolute Gasteiger partial charge is 0.439 e. The van der Waals surface area contributed by atoms with Crippen LogP contribution >= 0.6 is 0 Å². The number of nitrogens with zero attached hydrogens (tertiary/aromatic N) is 2. The molecule has 0 aliphatic carbocycles. The smallest absolute Gasteiger partial charge is 0.224 e. The second-order valence-electron chi connectivity index (χ2n) is 4.42. The summed E-state index contributed by atoms with van der Waals surface area (Å²) < 4.78 is 18.8. The number of nitrogen functional groups attached to an aromatic ring is 1. The summed E-state index contributed by atoms with van der Waals surface area (Å²) >= 11 is 0. The van der Waals surface area contributed by atoms with E-state index in [9.17, 15) is 4.39 Å². The fourth-order valence-electron chi connectivity index (χ4n) is 1.74. The highest BCUT2D eigenvalue weighted by Crippen LogP contribution is 2.23. The van der Waals surface area contributed by atoms with Crippen molar-refractivity contribution in [3.8, 4) is 11.6 Å². The Morgan fingerprint density at radius 2 is 2.10 bits per heavy atom. The first-order valence-electron chi connectivity index (χ1n) is 6.41. The Bertz CT molecular complexity index is 604. The maximum absolute atomic E-state index is 13.2. The first-order valence-corrected chi connectivity index (χ1v) is 6.41. The number of nitrogens with two attached hydrogens (primary N) is 1. The van der Waals surface area contributed by atoms with Gasteiger partial charge in [0.25, 0.3) is 0 Å². The van der Waals surface area contributed by atoms with Gasteiger partial charge in [-0.15, -0.1) is 0 Å². The van der Waals surface area contributed by atoms with Gasteiger partial charge < -0.3 is 10.2 Å². The maximum atomic E-state index is 13.2. The molecule has 3 N–H and O–H groups in total. The lowest BCUT2D eigenvalue weighted by molar-refractivity contribution is 0.456. The van der Waals surface area contributed by atoms with Crippen LogP contribution in [0.1, 0.15) is 24.7 Å². The molecule has 0 amide bonds. The summed E-state index contributed by atoms with van der Waals surface area (Å²) in [4.78, 5) is 8.52. The van der Waals surface area contributed by atoms with E-state index in [1.54, 1.807) is 25.1 Å². The number of anilines is 1. The third-order valence-corrected chi connectivity index (χ3v) is 2.72. The normalized spacial score (nSPS) is 10.4. The minimum absolute atomic E-state index is 0.268. The van der Waals surface area contributed by atoms with E-state index in [0.29, 0.717) is 28.8 Å². The Morgan fingerprint density at radius 1 is 1.30 bits per heavy atom. The van der Waals surface area contributed by atoms with Gasteiger partial charge >= 0.3 is 0 Å². The van der Waals surface area contributed by atoms with E-state index < -0.39 is 0 Å². The molecule has 2 rings (SSSR count). The third kappa shape index (κ3) is 3.42. The molecule has 106 valence electrons. The summed E-state index contributed by atoms with van der Waals surface area (Å²) in [6, 6.07) is 6.13. The molecule has 0 radical (unpaired) electrons. The minimum Gasteiger partial charge on any atom is -0.439 e. The van der Waals surface area contributed by atoms with Crippen molar-refractivity contribution in [3.05, 3.63) is 41.5 Å². The van der Waals surface area contributed by atoms with Crippen molar-refractivity contribution in [2.24, 2.45) is 5.84 Å². The number of benzene rings is 1. The minimum atomic E-state index is -0.268. The molecule has 0 spiro atoms. The number of nitrogens with one attached hydrogen (secondary N) is 1. The van der Waals surface area contributed by atoms with E-state index >= 15 is 0 Å². The van der Waals surface area contributed by atoms with Gasteiger partial charge in [-0.2, -0.15) is 4.98 Å². The Balaban J connectivity index is 2.27. The molecular formula is C14H17FN4O. The molecule has 1 aromatic carbocycles. The lowest BCUT2D eigenvalue weighted by Crippen LogP contribution is -2.10. The van der Waals surface area contributed by atoms with Crippen LogP contribution in [0, 0.1) is 12.7 Å². The predicted molar refractivity (Wildman–Crippen MR) is 75.0 cm³/mol. The van der Waals surface area contributed by atoms with Crippen molar-refractivity contribution >= 4 is 5.82 Å². The molecule has 1 aromatic heterocycles. The highest BCUT2D eigenvalue weighted by molar-refractivity contribution is 5.39. The molecule has 0 saturated carbocycles. The van der Waals surface area contributed by atoms with Crippen LogP contribution in [-0.4, -0.2) is 9.97 Å². The predicted octanol–water partition coefficient (Wildman–Crippen LogP) is 2.95. The lowest BCUT2D eigenvalue weighted by Gasteiger charge is -2.09. The van der Waals surface area contributed by atoms with E-state index in [4.69, 9.17) is 10.6 Å². The summed E-state index contributed by atoms with van der Waals surface area (Å²) in [5.74, 6) is 7.14. The van der Waals surface area contributed by atoms with Gasteiger partial charge in [0, 0.05) is 12.5 Å². The monoisotopic (exact) mass is 276 g/mol. The summed E-state index contributed by atoms with van der Waals surface area (Å²) in [6.07, 6.45) is 1.65. The Hall–Kier alpha value is -2.21. The number of hydrogen-bond acceptors (Lipinski definition) is 5. The molecule has 0 saturated heterocycles. The van der Waals surface area contributed by atoms with Crippen LogP contribution in [0.3, 0.4) is 0 Å². The second kappa shape index (κ2) is 6.29. The molecule has 20 heavy (non-hydrogen) atoms. The van der Waals surface area contributed by atoms with Crippen molar-refractivity contribution in [2.45, 2.75) is 26.7 Å². The highest BCUT2D eigenvalue weighted by Gasteiger charge is 2.07. The van der Waals surface area contributed by atoms with Crippen LogP contribution in [0.25, 0.3) is 0 Å². The van der Waals surface area contributed by atoms with Crippen LogP contribution in [0.15, 0.2) is 24.3 Å². The number of hydrazine groups is 1. The molecule has 6 heteroatoms. The van der Waals surface area contributed by atoms with Crippen molar-refractivity contribution in [1.82, 2.24) is 9.97 Å². The average Bonchev–Trinajstić information content (AvgIpc) is 2.43. The SMILES string of the molecule is CCCc1nc(NN)cc(Oc2ccc(F)c(C)c2)n1. The van der Waals surface area contributed by atoms with E-state index in [-0.39, 0.29) is 5.82 Å². The molecule has 5 nitrogen and oxygen atoms in total. The third-order valence-electron chi connectivity index (χ3n) is 2.72. The molecule has 0 unspecified atom stereocenters. The van der Waals surface area contributed by atoms with Gasteiger partial charge in [-0.3, -0.25) is 0 Å². The highest BCUT2D eigenvalue weighted by atomic mass is 19.1. The van der Waals surface area contributed by atoms with Crippen molar-refractivity contribution in [2.75, 3.05) is 5.43 Å². The van der Waals surface area contributed by atoms with Crippen molar-refractivity contribution < 1.29 is 9.13 Å². The first-order chi connectivity index (χ1) is 9.62. The molecule has 0 bridgehead atoms. The topological polar surface area (TPSA) is 73.1 Å². The number of halogens is 1. The summed E-state index contributed by atoms with van der Waals surface area (Å²) in [5.41, 5.74) is 3.00. The fraction of sp³-hybridized carbons (Fsp3) is 0.286. The molecule has 2 aromatic rings. The Labute approximate surface area is 117 Å². The van der Waals surface area contributed by atoms with Crippen molar-refractivity contribution in [3.63, 3.8) is 0 Å². The van der Waals surface area contributed by atoms with Crippen LogP contribution in [-0.2, 0) is 6.42 Å². The van der Waals surface area contributed by atoms with Gasteiger partial charge in [-0.25, -0.2) is 15.2 Å². The number of aromatic nitrogens is 2. The van der Waals surface area contributed by atoms with Crippen LogP contribution < -0.4 is 16.0 Å². The van der Waals surface area contributed by atoms with Crippen LogP contribution in [0.4, 0.5) is 10.2 Å². The van der Waals surface area contributed by atoms with E-state index in [2.05, 4.69) is 15.4 Å². The molecule has 0 aliphatic rings. The van der Waals surface area contributed by atoms with Crippen LogP contribution in [0.2, 0.25) is 0 Å². The first kappa shape index (κ1) is 14.2. The Morgan fingerprint density at radius 3 is 2.75 bits per heavy atom. The zero-order chi connectivity index (χ0) is 14.5. The molecular weight excluding hydrogens is 259 g/mol. The van der Waals surface area contributed by atoms with Gasteiger partial charge in [-0.1, -0.05) is 6.92 Å². The molecule has 0 fully saturated rings. The summed E-state index contributed by atoms with van der Waals surface area (Å²) in [5, 5.41) is 0. The van der Waals surface area contributed by atoms with E-state index in [1.807, 2.05) is 6.92 Å². The zero-order valence-corrected chi connectivity index (χ0v) is 11.5. The molecule has 1 heterocycles. The van der Waals surface area contributed by atoms with E-state index in [1.165, 1.54) is 6.07 Å². The standard InChI is InChI=1S/C14H17FN4O/c1-3-4-12-17-13(19-16)8-14(18-12)20-10-5-6-11(15)9(2)7-10/h5-8H,3-4,16H2,1-2H3,(H,17,18,19). The maximum Gasteiger partial charge on any atom is 0.224 e. The van der Waals surface area contributed by atoms with Gasteiger partial charge in [0.1, 0.15) is 23.2 Å². The van der Waals surface area contributed by atoms with Gasteiger partial charge in [0.15, 0.2) is 0 Å². The van der Waals surface area contributed by atoms with Crippen LogP contribution in [0.5, 0.6) is 11.6 Å². The van der Waals surface area contributed by atoms with Gasteiger partial charge in [-0.05, 0) is 37.1 Å². The van der Waals surface area contributed by atoms with Crippen molar-refractivity contribution in [1.29, 1.82) is 0 Å². The van der Waals surface area contributed by atoms with Gasteiger partial charge in [0.05, 0.1) is 0 Å². The molecule has 0 atom stereocenters. The van der Waals surface area contributed by atoms with Gasteiger partial charge in [0.2, 0.25) is 5.88 Å².